The van der Waals surface area contributed by atoms with Crippen LogP contribution in [-0.4, -0.2) is 40.3 Å². The first-order chi connectivity index (χ1) is 12.8. The molecular weight excluding hydrogens is 366 g/mol. The summed E-state index contributed by atoms with van der Waals surface area (Å²) in [6, 6.07) is 0. The van der Waals surface area contributed by atoms with E-state index in [1.807, 2.05) is 0 Å². The molecule has 0 N–H and O–H groups in total. The first kappa shape index (κ1) is 18.2. The van der Waals surface area contributed by atoms with Gasteiger partial charge in [-0.3, -0.25) is 4.79 Å². The van der Waals surface area contributed by atoms with Crippen LogP contribution < -0.4 is 0 Å². The SMILES string of the molecule is O=C1CCCN1CC1CC=C(n2nc(C(F)(F)F)c3c2CCOC3)C=C1F. The molecule has 4 rings (SSSR count). The van der Waals surface area contributed by atoms with E-state index in [0.717, 1.165) is 6.42 Å². The number of likely N-dealkylation sites (tertiary alicyclic amines) is 1. The first-order valence-electron chi connectivity index (χ1n) is 8.95. The lowest BCUT2D eigenvalue weighted by Crippen LogP contribution is -2.31. The van der Waals surface area contributed by atoms with Gasteiger partial charge in [0.15, 0.2) is 5.69 Å². The second-order valence-electron chi connectivity index (χ2n) is 7.02. The largest absolute Gasteiger partial charge is 0.435 e. The van der Waals surface area contributed by atoms with Crippen LogP contribution in [0, 0.1) is 5.92 Å². The first-order valence-corrected chi connectivity index (χ1v) is 8.95. The molecule has 1 saturated heterocycles. The minimum absolute atomic E-state index is 0.0215. The number of alkyl halides is 3. The maximum atomic E-state index is 14.6. The van der Waals surface area contributed by atoms with E-state index in [2.05, 4.69) is 5.10 Å². The minimum atomic E-state index is -4.59. The molecule has 0 aromatic carbocycles. The topological polar surface area (TPSA) is 47.4 Å². The number of hydrogen-bond acceptors (Lipinski definition) is 3. The van der Waals surface area contributed by atoms with Gasteiger partial charge in [-0.25, -0.2) is 9.07 Å². The zero-order chi connectivity index (χ0) is 19.2. The molecule has 1 aliphatic carbocycles. The Hall–Kier alpha value is -2.16. The number of nitrogens with zero attached hydrogens (tertiary/aromatic N) is 3. The highest BCUT2D eigenvalue weighted by atomic mass is 19.4. The van der Waals surface area contributed by atoms with Crippen molar-refractivity contribution >= 4 is 11.6 Å². The lowest BCUT2D eigenvalue weighted by Gasteiger charge is -2.25. The molecule has 0 radical (unpaired) electrons. The van der Waals surface area contributed by atoms with E-state index in [4.69, 9.17) is 4.74 Å². The molecule has 0 saturated carbocycles. The van der Waals surface area contributed by atoms with Crippen LogP contribution in [0.5, 0.6) is 0 Å². The molecule has 1 atom stereocenters. The molecule has 2 aliphatic heterocycles. The number of amides is 1. The molecule has 0 bridgehead atoms. The van der Waals surface area contributed by atoms with E-state index in [1.54, 1.807) is 11.0 Å². The average Bonchev–Trinajstić information content (AvgIpc) is 3.20. The summed E-state index contributed by atoms with van der Waals surface area (Å²) in [5.41, 5.74) is -0.243. The summed E-state index contributed by atoms with van der Waals surface area (Å²) in [4.78, 5) is 13.4. The molecule has 9 heteroatoms. The summed E-state index contributed by atoms with van der Waals surface area (Å²) in [6.45, 7) is 1.07. The molecule has 3 heterocycles. The quantitative estimate of drug-likeness (QED) is 0.750. The van der Waals surface area contributed by atoms with Gasteiger partial charge in [0.1, 0.15) is 5.83 Å². The van der Waals surface area contributed by atoms with E-state index >= 15 is 0 Å². The predicted molar refractivity (Wildman–Crippen MR) is 88.0 cm³/mol. The Morgan fingerprint density at radius 1 is 1.30 bits per heavy atom. The van der Waals surface area contributed by atoms with Gasteiger partial charge >= 0.3 is 6.18 Å². The van der Waals surface area contributed by atoms with Crippen LogP contribution in [0.3, 0.4) is 0 Å². The fourth-order valence-corrected chi connectivity index (χ4v) is 3.84. The van der Waals surface area contributed by atoms with Gasteiger partial charge in [-0.1, -0.05) is 6.08 Å². The second-order valence-corrected chi connectivity index (χ2v) is 7.02. The fourth-order valence-electron chi connectivity index (χ4n) is 3.84. The van der Waals surface area contributed by atoms with Gasteiger partial charge in [-0.05, 0) is 18.9 Å². The number of carbonyl (C=O) groups excluding carboxylic acids is 1. The Kier molecular flexibility index (Phi) is 4.57. The predicted octanol–water partition coefficient (Wildman–Crippen LogP) is 3.31. The Labute approximate surface area is 153 Å². The summed E-state index contributed by atoms with van der Waals surface area (Å²) in [5, 5.41) is 3.73. The third-order valence-electron chi connectivity index (χ3n) is 5.23. The van der Waals surface area contributed by atoms with E-state index in [1.165, 1.54) is 10.8 Å². The summed E-state index contributed by atoms with van der Waals surface area (Å²) in [5.74, 6) is -0.877. The molecule has 3 aliphatic rings. The molecule has 1 aromatic heterocycles. The molecule has 1 amide bonds. The number of ether oxygens (including phenoxy) is 1. The maximum Gasteiger partial charge on any atom is 0.435 e. The van der Waals surface area contributed by atoms with Crippen LogP contribution in [0.1, 0.15) is 36.2 Å². The van der Waals surface area contributed by atoms with Crippen LogP contribution in [-0.2, 0) is 28.7 Å². The van der Waals surface area contributed by atoms with Crippen molar-refractivity contribution in [3.8, 4) is 0 Å². The number of halogens is 4. The monoisotopic (exact) mass is 385 g/mol. The van der Waals surface area contributed by atoms with Crippen molar-refractivity contribution in [1.82, 2.24) is 14.7 Å². The number of hydrogen-bond donors (Lipinski definition) is 0. The van der Waals surface area contributed by atoms with Crippen LogP contribution in [0.25, 0.3) is 5.70 Å². The number of aromatic nitrogens is 2. The second kappa shape index (κ2) is 6.78. The Bertz CT molecular complexity index is 825. The highest BCUT2D eigenvalue weighted by molar-refractivity contribution is 5.78. The van der Waals surface area contributed by atoms with Crippen LogP contribution in [0.15, 0.2) is 18.0 Å². The van der Waals surface area contributed by atoms with Crippen LogP contribution in [0.2, 0.25) is 0 Å². The standard InChI is InChI=1S/C18H19F4N3O2/c19-14-8-12(4-3-11(14)9-24-6-1-2-16(24)26)25-15-5-7-27-10-13(15)17(23-25)18(20,21)22/h4,8,11H,1-3,5-7,9-10H2. The highest BCUT2D eigenvalue weighted by Crippen LogP contribution is 2.37. The molecule has 27 heavy (non-hydrogen) atoms. The molecular formula is C18H19F4N3O2. The highest BCUT2D eigenvalue weighted by Gasteiger charge is 2.40. The number of allylic oxidation sites excluding steroid dienone is 3. The number of rotatable bonds is 3. The van der Waals surface area contributed by atoms with Crippen LogP contribution >= 0.6 is 0 Å². The zero-order valence-electron chi connectivity index (χ0n) is 14.6. The van der Waals surface area contributed by atoms with Crippen molar-refractivity contribution < 1.29 is 27.1 Å². The molecule has 1 fully saturated rings. The van der Waals surface area contributed by atoms with Crippen molar-refractivity contribution in [3.05, 3.63) is 34.9 Å². The Balaban J connectivity index is 1.60. The summed E-state index contributed by atoms with van der Waals surface area (Å²) >= 11 is 0. The van der Waals surface area contributed by atoms with E-state index in [9.17, 15) is 22.4 Å². The van der Waals surface area contributed by atoms with Gasteiger partial charge in [-0.2, -0.15) is 18.3 Å². The van der Waals surface area contributed by atoms with Crippen molar-refractivity contribution in [2.75, 3.05) is 19.7 Å². The lowest BCUT2D eigenvalue weighted by molar-refractivity contribution is -0.142. The summed E-state index contributed by atoms with van der Waals surface area (Å²) in [6.07, 6.45) is 0.201. The summed E-state index contributed by atoms with van der Waals surface area (Å²) < 4.78 is 60.8. The van der Waals surface area contributed by atoms with Gasteiger partial charge in [0, 0.05) is 37.4 Å². The molecule has 0 spiro atoms. The Morgan fingerprint density at radius 3 is 2.78 bits per heavy atom. The zero-order valence-corrected chi connectivity index (χ0v) is 14.6. The third kappa shape index (κ3) is 3.40. The van der Waals surface area contributed by atoms with Gasteiger partial charge in [0.25, 0.3) is 0 Å². The maximum absolute atomic E-state index is 14.6. The number of carbonyl (C=O) groups is 1. The average molecular weight is 385 g/mol. The van der Waals surface area contributed by atoms with Gasteiger partial charge < -0.3 is 9.64 Å². The van der Waals surface area contributed by atoms with Crippen LogP contribution in [0.4, 0.5) is 17.6 Å². The summed E-state index contributed by atoms with van der Waals surface area (Å²) in [7, 11) is 0. The van der Waals surface area contributed by atoms with Crippen molar-refractivity contribution in [2.24, 2.45) is 5.92 Å². The van der Waals surface area contributed by atoms with E-state index in [0.29, 0.717) is 43.9 Å². The Morgan fingerprint density at radius 2 is 2.11 bits per heavy atom. The van der Waals surface area contributed by atoms with Crippen molar-refractivity contribution in [2.45, 2.75) is 38.5 Å². The molecule has 1 unspecified atom stereocenters. The fraction of sp³-hybridized carbons (Fsp3) is 0.556. The van der Waals surface area contributed by atoms with E-state index in [-0.39, 0.29) is 24.5 Å². The van der Waals surface area contributed by atoms with Gasteiger partial charge in [0.05, 0.1) is 24.6 Å². The molecule has 5 nitrogen and oxygen atoms in total. The van der Waals surface area contributed by atoms with Gasteiger partial charge in [0.2, 0.25) is 5.91 Å². The molecule has 146 valence electrons. The lowest BCUT2D eigenvalue weighted by atomic mass is 9.97. The van der Waals surface area contributed by atoms with Gasteiger partial charge in [-0.15, -0.1) is 0 Å². The van der Waals surface area contributed by atoms with Crippen molar-refractivity contribution in [1.29, 1.82) is 0 Å². The minimum Gasteiger partial charge on any atom is -0.376 e. The normalized spacial score (nSPS) is 23.3. The number of fused-ring (bicyclic) bond motifs is 1. The van der Waals surface area contributed by atoms with Crippen molar-refractivity contribution in [3.63, 3.8) is 0 Å². The smallest absolute Gasteiger partial charge is 0.376 e. The van der Waals surface area contributed by atoms with E-state index < -0.39 is 23.6 Å². The third-order valence-corrected chi connectivity index (χ3v) is 5.23. The molecule has 1 aromatic rings.